The van der Waals surface area contributed by atoms with Crippen LogP contribution in [0.5, 0.6) is 0 Å². The molecule has 1 atom stereocenters. The van der Waals surface area contributed by atoms with E-state index in [1.165, 1.54) is 19.9 Å². The Morgan fingerprint density at radius 3 is 2.81 bits per heavy atom. The van der Waals surface area contributed by atoms with Gasteiger partial charge in [0.2, 0.25) is 0 Å². The van der Waals surface area contributed by atoms with Crippen molar-refractivity contribution in [3.8, 4) is 0 Å². The number of carbonyl (C=O) groups is 1. The largest absolute Gasteiger partial charge is 0.465 e. The molecule has 1 aromatic heterocycles. The van der Waals surface area contributed by atoms with Crippen molar-refractivity contribution in [1.29, 1.82) is 0 Å². The molecule has 0 saturated carbocycles. The molecule has 1 fully saturated rings. The van der Waals surface area contributed by atoms with Gasteiger partial charge in [0.1, 0.15) is 12.0 Å². The molecule has 0 spiro atoms. The van der Waals surface area contributed by atoms with Crippen LogP contribution in [0.3, 0.4) is 0 Å². The minimum Gasteiger partial charge on any atom is -0.465 e. The van der Waals surface area contributed by atoms with Crippen molar-refractivity contribution in [1.82, 2.24) is 9.97 Å². The Balaban J connectivity index is 2.00. The summed E-state index contributed by atoms with van der Waals surface area (Å²) in [6, 6.07) is 7.62. The lowest BCUT2D eigenvalue weighted by atomic mass is 10.0. The van der Waals surface area contributed by atoms with E-state index in [1.807, 2.05) is 19.2 Å². The number of hydrogen-bond donors (Lipinski definition) is 1. The number of ether oxygens (including phenoxy) is 1. The van der Waals surface area contributed by atoms with Crippen molar-refractivity contribution in [3.63, 3.8) is 0 Å². The van der Waals surface area contributed by atoms with E-state index in [0.29, 0.717) is 28.8 Å². The number of benzene rings is 1. The van der Waals surface area contributed by atoms with Crippen LogP contribution in [0.4, 0.5) is 23.0 Å². The summed E-state index contributed by atoms with van der Waals surface area (Å²) in [6.07, 6.45) is 5.01. The molecule has 1 unspecified atom stereocenters. The zero-order valence-electron chi connectivity index (χ0n) is 15.5. The van der Waals surface area contributed by atoms with E-state index < -0.39 is 5.97 Å². The third-order valence-corrected chi connectivity index (χ3v) is 4.91. The Morgan fingerprint density at radius 2 is 2.08 bits per heavy atom. The molecule has 0 radical (unpaired) electrons. The molecule has 0 amide bonds. The number of anilines is 4. The fraction of sp³-hybridized carbons (Fsp3) is 0.421. The maximum Gasteiger partial charge on any atom is 0.339 e. The number of rotatable bonds is 4. The molecular weight excluding hydrogens is 330 g/mol. The number of piperidine rings is 1. The van der Waals surface area contributed by atoms with E-state index in [4.69, 9.17) is 10.5 Å². The maximum atomic E-state index is 12.1. The molecule has 1 aromatic carbocycles. The highest BCUT2D eigenvalue weighted by molar-refractivity contribution is 5.97. The number of nitrogens with zero attached hydrogens (tertiary/aromatic N) is 4. The quantitative estimate of drug-likeness (QED) is 0.844. The molecule has 0 aliphatic carbocycles. The molecule has 1 aliphatic rings. The molecular formula is C19H25N5O2. The highest BCUT2D eigenvalue weighted by Gasteiger charge is 2.25. The highest BCUT2D eigenvalue weighted by atomic mass is 16.5. The van der Waals surface area contributed by atoms with E-state index in [1.54, 1.807) is 17.0 Å². The van der Waals surface area contributed by atoms with Crippen molar-refractivity contribution >= 4 is 29.0 Å². The number of nitrogens with two attached hydrogens (primary N) is 1. The van der Waals surface area contributed by atoms with Crippen LogP contribution in [0.15, 0.2) is 30.6 Å². The fourth-order valence-electron chi connectivity index (χ4n) is 3.45. The van der Waals surface area contributed by atoms with E-state index in [2.05, 4.69) is 21.8 Å². The van der Waals surface area contributed by atoms with Gasteiger partial charge in [0.25, 0.3) is 0 Å². The van der Waals surface area contributed by atoms with Crippen LogP contribution in [0.1, 0.15) is 36.5 Å². The smallest absolute Gasteiger partial charge is 0.339 e. The average molecular weight is 355 g/mol. The summed E-state index contributed by atoms with van der Waals surface area (Å²) in [5.74, 6) is 0.929. The first-order chi connectivity index (χ1) is 12.5. The predicted octanol–water partition coefficient (Wildman–Crippen LogP) is 2.99. The number of methoxy groups -OCH3 is 1. The highest BCUT2D eigenvalue weighted by Crippen LogP contribution is 2.36. The van der Waals surface area contributed by atoms with Gasteiger partial charge in [0.05, 0.1) is 18.4 Å². The Labute approximate surface area is 153 Å². The Hall–Kier alpha value is -2.83. The second kappa shape index (κ2) is 7.59. The second-order valence-electron chi connectivity index (χ2n) is 6.54. The van der Waals surface area contributed by atoms with Gasteiger partial charge in [-0.15, -0.1) is 0 Å². The van der Waals surface area contributed by atoms with Crippen LogP contribution in [0.2, 0.25) is 0 Å². The summed E-state index contributed by atoms with van der Waals surface area (Å²) < 4.78 is 4.89. The van der Waals surface area contributed by atoms with Crippen LogP contribution in [0.25, 0.3) is 0 Å². The van der Waals surface area contributed by atoms with E-state index in [0.717, 1.165) is 25.2 Å². The van der Waals surface area contributed by atoms with Gasteiger partial charge in [-0.25, -0.2) is 14.8 Å². The Bertz CT molecular complexity index is 795. The molecule has 2 aromatic rings. The van der Waals surface area contributed by atoms with Gasteiger partial charge in [-0.2, -0.15) is 0 Å². The van der Waals surface area contributed by atoms with Crippen molar-refractivity contribution in [2.24, 2.45) is 0 Å². The molecule has 3 rings (SSSR count). The number of carbonyl (C=O) groups excluding carboxylic acids is 1. The van der Waals surface area contributed by atoms with Crippen molar-refractivity contribution in [2.45, 2.75) is 32.2 Å². The molecule has 7 nitrogen and oxygen atoms in total. The standard InChI is InChI=1S/C19H25N5O2/c1-13-8-6-7-11-24(13)18-16(20)17(21-12-22-18)23(2)15-10-5-4-9-14(15)19(25)26-3/h4-5,9-10,12-13H,6-8,11,20H2,1-3H3. The Kier molecular flexibility index (Phi) is 5.25. The van der Waals surface area contributed by atoms with Gasteiger partial charge >= 0.3 is 5.97 Å². The first kappa shape index (κ1) is 18.0. The van der Waals surface area contributed by atoms with Crippen LogP contribution in [0, 0.1) is 0 Å². The summed E-state index contributed by atoms with van der Waals surface area (Å²) in [6.45, 7) is 3.13. The molecule has 2 heterocycles. The SMILES string of the molecule is COC(=O)c1ccccc1N(C)c1ncnc(N2CCCCC2C)c1N. The van der Waals surface area contributed by atoms with Gasteiger partial charge in [-0.05, 0) is 38.3 Å². The van der Waals surface area contributed by atoms with Gasteiger partial charge < -0.3 is 20.3 Å². The van der Waals surface area contributed by atoms with Crippen molar-refractivity contribution in [3.05, 3.63) is 36.2 Å². The predicted molar refractivity (Wildman–Crippen MR) is 103 cm³/mol. The van der Waals surface area contributed by atoms with Crippen LogP contribution in [-0.4, -0.2) is 42.7 Å². The third kappa shape index (κ3) is 3.29. The lowest BCUT2D eigenvalue weighted by Crippen LogP contribution is -2.38. The summed E-state index contributed by atoms with van der Waals surface area (Å²) in [7, 11) is 3.21. The molecule has 2 N–H and O–H groups in total. The summed E-state index contributed by atoms with van der Waals surface area (Å²) >= 11 is 0. The van der Waals surface area contributed by atoms with Gasteiger partial charge in [0.15, 0.2) is 11.6 Å². The van der Waals surface area contributed by atoms with Crippen molar-refractivity contribution in [2.75, 3.05) is 36.2 Å². The lowest BCUT2D eigenvalue weighted by molar-refractivity contribution is 0.0601. The zero-order valence-corrected chi connectivity index (χ0v) is 15.5. The molecule has 26 heavy (non-hydrogen) atoms. The zero-order chi connectivity index (χ0) is 18.7. The molecule has 0 bridgehead atoms. The minimum atomic E-state index is -0.398. The first-order valence-electron chi connectivity index (χ1n) is 8.82. The number of hydrogen-bond acceptors (Lipinski definition) is 7. The summed E-state index contributed by atoms with van der Waals surface area (Å²) in [4.78, 5) is 24.9. The minimum absolute atomic E-state index is 0.390. The van der Waals surface area contributed by atoms with Crippen molar-refractivity contribution < 1.29 is 9.53 Å². The van der Waals surface area contributed by atoms with E-state index in [9.17, 15) is 4.79 Å². The van der Waals surface area contributed by atoms with Crippen LogP contribution < -0.4 is 15.5 Å². The number of nitrogen functional groups attached to an aromatic ring is 1. The molecule has 1 saturated heterocycles. The number of aromatic nitrogens is 2. The normalized spacial score (nSPS) is 17.0. The number of para-hydroxylation sites is 1. The van der Waals surface area contributed by atoms with Gasteiger partial charge in [-0.1, -0.05) is 12.1 Å². The summed E-state index contributed by atoms with van der Waals surface area (Å²) in [5.41, 5.74) is 8.11. The topological polar surface area (TPSA) is 84.6 Å². The number of esters is 1. The first-order valence-corrected chi connectivity index (χ1v) is 8.82. The monoisotopic (exact) mass is 355 g/mol. The second-order valence-corrected chi connectivity index (χ2v) is 6.54. The van der Waals surface area contributed by atoms with E-state index in [-0.39, 0.29) is 0 Å². The van der Waals surface area contributed by atoms with Gasteiger partial charge in [-0.3, -0.25) is 0 Å². The summed E-state index contributed by atoms with van der Waals surface area (Å²) in [5, 5.41) is 0. The van der Waals surface area contributed by atoms with E-state index >= 15 is 0 Å². The van der Waals surface area contributed by atoms with Crippen LogP contribution in [-0.2, 0) is 4.74 Å². The maximum absolute atomic E-state index is 12.1. The van der Waals surface area contributed by atoms with Crippen LogP contribution >= 0.6 is 0 Å². The molecule has 138 valence electrons. The lowest BCUT2D eigenvalue weighted by Gasteiger charge is -2.35. The third-order valence-electron chi connectivity index (χ3n) is 4.91. The molecule has 1 aliphatic heterocycles. The molecule has 7 heteroatoms. The van der Waals surface area contributed by atoms with Gasteiger partial charge in [0, 0.05) is 19.6 Å². The average Bonchev–Trinajstić information content (AvgIpc) is 2.68. The fourth-order valence-corrected chi connectivity index (χ4v) is 3.45. The Morgan fingerprint density at radius 1 is 1.31 bits per heavy atom.